The molecule has 0 aliphatic heterocycles. The van der Waals surface area contributed by atoms with Crippen LogP contribution in [0.4, 0.5) is 11.8 Å². The number of nitrogens with zero attached hydrogens (tertiary/aromatic N) is 4. The third-order valence-corrected chi connectivity index (χ3v) is 4.34. The Balaban J connectivity index is 2.03. The number of hydrogen-bond donors (Lipinski definition) is 1. The SMILES string of the molecule is Cc1cc2c(N(C)Cc3cscn3)nc(N)nc2s1. The van der Waals surface area contributed by atoms with E-state index >= 15 is 0 Å². The molecule has 0 atom stereocenters. The van der Waals surface area contributed by atoms with E-state index in [1.165, 1.54) is 4.88 Å². The number of thiophene rings is 1. The summed E-state index contributed by atoms with van der Waals surface area (Å²) in [6.45, 7) is 2.77. The van der Waals surface area contributed by atoms with Gasteiger partial charge in [-0.15, -0.1) is 22.7 Å². The maximum atomic E-state index is 5.79. The molecule has 0 saturated heterocycles. The van der Waals surface area contributed by atoms with Crippen LogP contribution in [0.2, 0.25) is 0 Å². The molecular weight excluding hydrogens is 278 g/mol. The van der Waals surface area contributed by atoms with Crippen molar-refractivity contribution in [3.8, 4) is 0 Å². The van der Waals surface area contributed by atoms with E-state index in [4.69, 9.17) is 5.73 Å². The normalized spacial score (nSPS) is 11.1. The van der Waals surface area contributed by atoms with Gasteiger partial charge in [-0.1, -0.05) is 0 Å². The first-order valence-electron chi connectivity index (χ1n) is 5.75. The highest BCUT2D eigenvalue weighted by molar-refractivity contribution is 7.18. The van der Waals surface area contributed by atoms with Gasteiger partial charge in [-0.25, -0.2) is 9.97 Å². The number of aryl methyl sites for hydroxylation is 1. The zero-order valence-corrected chi connectivity index (χ0v) is 12.3. The molecule has 19 heavy (non-hydrogen) atoms. The molecule has 5 nitrogen and oxygen atoms in total. The fraction of sp³-hybridized carbons (Fsp3) is 0.250. The van der Waals surface area contributed by atoms with Crippen LogP contribution in [0.15, 0.2) is 17.0 Å². The van der Waals surface area contributed by atoms with Gasteiger partial charge in [0, 0.05) is 17.3 Å². The van der Waals surface area contributed by atoms with Gasteiger partial charge in [0.25, 0.3) is 0 Å². The van der Waals surface area contributed by atoms with Gasteiger partial charge in [0.05, 0.1) is 23.1 Å². The Bertz CT molecular complexity index is 704. The maximum absolute atomic E-state index is 5.79. The van der Waals surface area contributed by atoms with E-state index in [9.17, 15) is 0 Å². The van der Waals surface area contributed by atoms with Gasteiger partial charge in [-0.3, -0.25) is 0 Å². The average Bonchev–Trinajstić information content (AvgIpc) is 2.96. The summed E-state index contributed by atoms with van der Waals surface area (Å²) in [5.41, 5.74) is 8.66. The van der Waals surface area contributed by atoms with Gasteiger partial charge in [-0.05, 0) is 13.0 Å². The van der Waals surface area contributed by atoms with Crippen molar-refractivity contribution in [2.24, 2.45) is 0 Å². The Morgan fingerprint density at radius 1 is 1.37 bits per heavy atom. The van der Waals surface area contributed by atoms with Crippen LogP contribution in [0.3, 0.4) is 0 Å². The number of fused-ring (bicyclic) bond motifs is 1. The van der Waals surface area contributed by atoms with Gasteiger partial charge < -0.3 is 10.6 Å². The van der Waals surface area contributed by atoms with Crippen LogP contribution in [-0.2, 0) is 6.54 Å². The smallest absolute Gasteiger partial charge is 0.223 e. The third kappa shape index (κ3) is 2.39. The minimum Gasteiger partial charge on any atom is -0.368 e. The van der Waals surface area contributed by atoms with E-state index in [0.29, 0.717) is 12.5 Å². The average molecular weight is 291 g/mol. The van der Waals surface area contributed by atoms with Crippen LogP contribution in [-0.4, -0.2) is 22.0 Å². The van der Waals surface area contributed by atoms with Crippen molar-refractivity contribution in [1.29, 1.82) is 0 Å². The van der Waals surface area contributed by atoms with E-state index in [2.05, 4.69) is 32.8 Å². The molecule has 0 radical (unpaired) electrons. The minimum atomic E-state index is 0.314. The molecule has 0 bridgehead atoms. The van der Waals surface area contributed by atoms with Crippen molar-refractivity contribution in [2.75, 3.05) is 17.7 Å². The number of nitrogen functional groups attached to an aromatic ring is 1. The lowest BCUT2D eigenvalue weighted by molar-refractivity contribution is 0.878. The Morgan fingerprint density at radius 3 is 2.95 bits per heavy atom. The van der Waals surface area contributed by atoms with E-state index in [0.717, 1.165) is 21.7 Å². The van der Waals surface area contributed by atoms with Crippen molar-refractivity contribution >= 4 is 44.7 Å². The molecule has 0 saturated carbocycles. The molecule has 0 spiro atoms. The molecule has 3 heterocycles. The Morgan fingerprint density at radius 2 is 2.21 bits per heavy atom. The maximum Gasteiger partial charge on any atom is 0.223 e. The summed E-state index contributed by atoms with van der Waals surface area (Å²) >= 11 is 3.23. The van der Waals surface area contributed by atoms with Crippen molar-refractivity contribution in [3.05, 3.63) is 27.5 Å². The summed E-state index contributed by atoms with van der Waals surface area (Å²) in [6, 6.07) is 2.10. The summed E-state index contributed by atoms with van der Waals surface area (Å²) in [7, 11) is 1.99. The molecule has 0 unspecified atom stereocenters. The second-order valence-corrected chi connectivity index (χ2v) is 6.27. The predicted molar refractivity (Wildman–Crippen MR) is 80.8 cm³/mol. The quantitative estimate of drug-likeness (QED) is 0.803. The van der Waals surface area contributed by atoms with Crippen LogP contribution in [0.1, 0.15) is 10.6 Å². The van der Waals surface area contributed by atoms with Crippen LogP contribution >= 0.6 is 22.7 Å². The van der Waals surface area contributed by atoms with Crippen molar-refractivity contribution in [2.45, 2.75) is 13.5 Å². The highest BCUT2D eigenvalue weighted by Crippen LogP contribution is 2.31. The van der Waals surface area contributed by atoms with Gasteiger partial charge in [-0.2, -0.15) is 4.98 Å². The fourth-order valence-electron chi connectivity index (χ4n) is 1.97. The predicted octanol–water partition coefficient (Wildman–Crippen LogP) is 2.67. The molecule has 3 rings (SSSR count). The van der Waals surface area contributed by atoms with Gasteiger partial charge >= 0.3 is 0 Å². The fourth-order valence-corrected chi connectivity index (χ4v) is 3.40. The number of thiazole rings is 1. The van der Waals surface area contributed by atoms with Crippen LogP contribution in [0.5, 0.6) is 0 Å². The first-order valence-corrected chi connectivity index (χ1v) is 7.51. The van der Waals surface area contributed by atoms with Gasteiger partial charge in [0.1, 0.15) is 10.6 Å². The Hall–Kier alpha value is -1.73. The number of hydrogen-bond acceptors (Lipinski definition) is 7. The van der Waals surface area contributed by atoms with Crippen LogP contribution < -0.4 is 10.6 Å². The van der Waals surface area contributed by atoms with Crippen LogP contribution in [0, 0.1) is 6.92 Å². The Kier molecular flexibility index (Phi) is 3.08. The van der Waals surface area contributed by atoms with E-state index in [1.807, 2.05) is 17.9 Å². The molecule has 7 heteroatoms. The molecule has 0 amide bonds. The second kappa shape index (κ2) is 4.75. The first kappa shape index (κ1) is 12.3. The van der Waals surface area contributed by atoms with Crippen molar-refractivity contribution in [1.82, 2.24) is 15.0 Å². The third-order valence-electron chi connectivity index (χ3n) is 2.76. The molecular formula is C12H13N5S2. The molecule has 2 N–H and O–H groups in total. The summed E-state index contributed by atoms with van der Waals surface area (Å²) in [4.78, 5) is 17.1. The molecule has 3 aromatic rings. The minimum absolute atomic E-state index is 0.314. The summed E-state index contributed by atoms with van der Waals surface area (Å²) in [5, 5.41) is 3.09. The van der Waals surface area contributed by atoms with E-state index < -0.39 is 0 Å². The topological polar surface area (TPSA) is 67.9 Å². The summed E-state index contributed by atoms with van der Waals surface area (Å²) < 4.78 is 0. The lowest BCUT2D eigenvalue weighted by Gasteiger charge is -2.17. The van der Waals surface area contributed by atoms with Crippen molar-refractivity contribution < 1.29 is 0 Å². The van der Waals surface area contributed by atoms with E-state index in [1.54, 1.807) is 22.7 Å². The number of aromatic nitrogens is 3. The highest BCUT2D eigenvalue weighted by atomic mass is 32.1. The summed E-state index contributed by atoms with van der Waals surface area (Å²) in [5.74, 6) is 1.18. The molecule has 3 aromatic heterocycles. The molecule has 0 fully saturated rings. The lowest BCUT2D eigenvalue weighted by atomic mass is 10.3. The van der Waals surface area contributed by atoms with Crippen molar-refractivity contribution in [3.63, 3.8) is 0 Å². The zero-order valence-electron chi connectivity index (χ0n) is 10.6. The summed E-state index contributed by atoms with van der Waals surface area (Å²) in [6.07, 6.45) is 0. The zero-order chi connectivity index (χ0) is 13.4. The first-order chi connectivity index (χ1) is 9.13. The van der Waals surface area contributed by atoms with Crippen LogP contribution in [0.25, 0.3) is 10.2 Å². The van der Waals surface area contributed by atoms with E-state index in [-0.39, 0.29) is 0 Å². The monoisotopic (exact) mass is 291 g/mol. The molecule has 98 valence electrons. The standard InChI is InChI=1S/C12H13N5S2/c1-7-3-9-10(15-12(13)16-11(9)19-7)17(2)4-8-5-18-6-14-8/h3,5-6H,4H2,1-2H3,(H2,13,15,16). The molecule has 0 aromatic carbocycles. The molecule has 0 aliphatic carbocycles. The van der Waals surface area contributed by atoms with Gasteiger partial charge in [0.2, 0.25) is 5.95 Å². The molecule has 0 aliphatic rings. The largest absolute Gasteiger partial charge is 0.368 e. The number of anilines is 2. The number of nitrogens with two attached hydrogens (primary N) is 1. The lowest BCUT2D eigenvalue weighted by Crippen LogP contribution is -2.18. The Labute approximate surface area is 118 Å². The van der Waals surface area contributed by atoms with Gasteiger partial charge in [0.15, 0.2) is 0 Å². The number of rotatable bonds is 3. The second-order valence-electron chi connectivity index (χ2n) is 4.32. The highest BCUT2D eigenvalue weighted by Gasteiger charge is 2.13.